The molecule has 1 N–H and O–H groups in total. The molecule has 0 unspecified atom stereocenters. The maximum atomic E-state index is 13.6. The summed E-state index contributed by atoms with van der Waals surface area (Å²) in [6.07, 6.45) is 1.77. The normalized spacial score (nSPS) is 14.8. The van der Waals surface area contributed by atoms with Gasteiger partial charge in [-0.15, -0.1) is 0 Å². The summed E-state index contributed by atoms with van der Waals surface area (Å²) in [5.41, 5.74) is 3.53. The molecule has 2 aromatic carbocycles. The summed E-state index contributed by atoms with van der Waals surface area (Å²) in [6.45, 7) is 5.13. The third kappa shape index (κ3) is 5.92. The number of aryl methyl sites for hydroxylation is 1. The molecule has 1 aromatic heterocycles. The Morgan fingerprint density at radius 2 is 1.81 bits per heavy atom. The lowest BCUT2D eigenvalue weighted by Crippen LogP contribution is -2.48. The van der Waals surface area contributed by atoms with E-state index in [0.717, 1.165) is 43.9 Å². The monoisotopic (exact) mass is 432 g/mol. The van der Waals surface area contributed by atoms with Gasteiger partial charge in [-0.05, 0) is 55.7 Å². The molecule has 0 saturated carbocycles. The molecule has 166 valence electrons. The van der Waals surface area contributed by atoms with E-state index in [1.54, 1.807) is 12.1 Å². The number of carbonyl (C=O) groups excluding carboxylic acids is 1. The Morgan fingerprint density at radius 1 is 1.06 bits per heavy atom. The maximum absolute atomic E-state index is 13.6. The Morgan fingerprint density at radius 3 is 2.53 bits per heavy atom. The van der Waals surface area contributed by atoms with Crippen molar-refractivity contribution in [3.8, 4) is 0 Å². The Kier molecular flexibility index (Phi) is 7.12. The van der Waals surface area contributed by atoms with E-state index in [2.05, 4.69) is 39.5 Å². The summed E-state index contributed by atoms with van der Waals surface area (Å²) in [7, 11) is 0. The van der Waals surface area contributed by atoms with E-state index in [1.807, 2.05) is 36.1 Å². The average molecular weight is 433 g/mol. The number of carbonyl (C=O) groups is 1. The van der Waals surface area contributed by atoms with Gasteiger partial charge in [0, 0.05) is 37.1 Å². The first-order valence-corrected chi connectivity index (χ1v) is 11.1. The molecule has 0 atom stereocenters. The molecule has 1 fully saturated rings. The van der Waals surface area contributed by atoms with Crippen LogP contribution in [0.4, 0.5) is 14.9 Å². The zero-order chi connectivity index (χ0) is 22.3. The van der Waals surface area contributed by atoms with Crippen LogP contribution in [-0.4, -0.2) is 39.9 Å². The van der Waals surface area contributed by atoms with Gasteiger partial charge in [0.25, 0.3) is 0 Å². The number of likely N-dealkylation sites (tertiary alicyclic amines) is 1. The fraction of sp³-hybridized carbons (Fsp3) is 0.308. The third-order valence-corrected chi connectivity index (χ3v) is 5.86. The van der Waals surface area contributed by atoms with Gasteiger partial charge in [-0.1, -0.05) is 42.5 Å². The molecule has 32 heavy (non-hydrogen) atoms. The van der Waals surface area contributed by atoms with E-state index in [0.29, 0.717) is 12.2 Å². The molecule has 0 radical (unpaired) electrons. The number of anilines is 1. The lowest BCUT2D eigenvalue weighted by atomic mass is 10.0. The second-order valence-corrected chi connectivity index (χ2v) is 8.33. The van der Waals surface area contributed by atoms with Gasteiger partial charge in [0.2, 0.25) is 0 Å². The highest BCUT2D eigenvalue weighted by Crippen LogP contribution is 2.22. The Bertz CT molecular complexity index is 1030. The van der Waals surface area contributed by atoms with E-state index < -0.39 is 0 Å². The number of hydrogen-bond donors (Lipinski definition) is 1. The minimum atomic E-state index is -0.371. The minimum Gasteiger partial charge on any atom is -0.316 e. The number of urea groups is 1. The molecule has 3 aromatic rings. The summed E-state index contributed by atoms with van der Waals surface area (Å²) in [5.74, 6) is -0.371. The Hall–Kier alpha value is -3.25. The average Bonchev–Trinajstić information content (AvgIpc) is 2.79. The molecule has 4 rings (SSSR count). The SMILES string of the molecule is Cc1cccc(CN(C(=O)Nc2cccc(F)c2)C2CCN(Cc3ccccc3)CC2)n1. The maximum Gasteiger partial charge on any atom is 0.322 e. The number of halogens is 1. The van der Waals surface area contributed by atoms with Crippen LogP contribution in [0, 0.1) is 12.7 Å². The molecule has 6 heteroatoms. The van der Waals surface area contributed by atoms with Crippen LogP contribution < -0.4 is 5.32 Å². The van der Waals surface area contributed by atoms with Crippen molar-refractivity contribution in [1.29, 1.82) is 0 Å². The predicted molar refractivity (Wildman–Crippen MR) is 125 cm³/mol. The summed E-state index contributed by atoms with van der Waals surface area (Å²) in [5, 5.41) is 2.87. The Labute approximate surface area is 188 Å². The van der Waals surface area contributed by atoms with Gasteiger partial charge in [0.15, 0.2) is 0 Å². The van der Waals surface area contributed by atoms with Crippen LogP contribution >= 0.6 is 0 Å². The van der Waals surface area contributed by atoms with Crippen LogP contribution in [0.1, 0.15) is 29.8 Å². The first-order chi connectivity index (χ1) is 15.6. The van der Waals surface area contributed by atoms with E-state index in [1.165, 1.54) is 17.7 Å². The molecule has 2 amide bonds. The summed E-state index contributed by atoms with van der Waals surface area (Å²) in [6, 6.07) is 22.2. The second-order valence-electron chi connectivity index (χ2n) is 8.33. The molecular formula is C26H29FN4O. The standard InChI is InChI=1S/C26H29FN4O/c1-20-7-5-12-24(28-20)19-31(26(32)29-23-11-6-10-22(27)17-23)25-13-15-30(16-14-25)18-21-8-3-2-4-9-21/h2-12,17,25H,13-16,18-19H2,1H3,(H,29,32). The van der Waals surface area contributed by atoms with E-state index in [4.69, 9.17) is 0 Å². The molecule has 5 nitrogen and oxygen atoms in total. The van der Waals surface area contributed by atoms with Crippen molar-refractivity contribution in [2.45, 2.75) is 38.9 Å². The second kappa shape index (κ2) is 10.4. The van der Waals surface area contributed by atoms with Crippen molar-refractivity contribution in [3.05, 3.63) is 95.6 Å². The number of aromatic nitrogens is 1. The van der Waals surface area contributed by atoms with Crippen LogP contribution in [0.5, 0.6) is 0 Å². The zero-order valence-electron chi connectivity index (χ0n) is 18.4. The molecule has 0 bridgehead atoms. The van der Waals surface area contributed by atoms with Crippen molar-refractivity contribution in [1.82, 2.24) is 14.8 Å². The predicted octanol–water partition coefficient (Wildman–Crippen LogP) is 5.23. The van der Waals surface area contributed by atoms with Gasteiger partial charge in [-0.25, -0.2) is 9.18 Å². The Balaban J connectivity index is 1.45. The topological polar surface area (TPSA) is 48.5 Å². The highest BCUT2D eigenvalue weighted by atomic mass is 19.1. The van der Waals surface area contributed by atoms with E-state index in [9.17, 15) is 9.18 Å². The lowest BCUT2D eigenvalue weighted by Gasteiger charge is -2.38. The fourth-order valence-electron chi connectivity index (χ4n) is 4.22. The summed E-state index contributed by atoms with van der Waals surface area (Å²) in [4.78, 5) is 22.1. The van der Waals surface area contributed by atoms with Crippen molar-refractivity contribution < 1.29 is 9.18 Å². The van der Waals surface area contributed by atoms with Crippen molar-refractivity contribution in [3.63, 3.8) is 0 Å². The van der Waals surface area contributed by atoms with E-state index in [-0.39, 0.29) is 17.9 Å². The van der Waals surface area contributed by atoms with Crippen LogP contribution in [0.25, 0.3) is 0 Å². The zero-order valence-corrected chi connectivity index (χ0v) is 18.4. The molecule has 0 spiro atoms. The van der Waals surface area contributed by atoms with Gasteiger partial charge >= 0.3 is 6.03 Å². The molecule has 1 saturated heterocycles. The highest BCUT2D eigenvalue weighted by molar-refractivity contribution is 5.89. The number of piperidine rings is 1. The van der Waals surface area contributed by atoms with Crippen molar-refractivity contribution in [2.75, 3.05) is 18.4 Å². The number of amides is 2. The number of benzene rings is 2. The number of nitrogens with zero attached hydrogens (tertiary/aromatic N) is 3. The third-order valence-electron chi connectivity index (χ3n) is 5.86. The molecule has 2 heterocycles. The van der Waals surface area contributed by atoms with Crippen LogP contribution in [0.3, 0.4) is 0 Å². The van der Waals surface area contributed by atoms with Gasteiger partial charge in [0.1, 0.15) is 5.82 Å². The van der Waals surface area contributed by atoms with Crippen LogP contribution in [0.2, 0.25) is 0 Å². The molecule has 1 aliphatic rings. The van der Waals surface area contributed by atoms with E-state index >= 15 is 0 Å². The summed E-state index contributed by atoms with van der Waals surface area (Å²) < 4.78 is 13.6. The number of hydrogen-bond acceptors (Lipinski definition) is 3. The molecule has 1 aliphatic heterocycles. The van der Waals surface area contributed by atoms with Gasteiger partial charge in [-0.2, -0.15) is 0 Å². The van der Waals surface area contributed by atoms with Gasteiger partial charge in [0.05, 0.1) is 12.2 Å². The summed E-state index contributed by atoms with van der Waals surface area (Å²) >= 11 is 0. The lowest BCUT2D eigenvalue weighted by molar-refractivity contribution is 0.119. The number of rotatable bonds is 6. The molecular weight excluding hydrogens is 403 g/mol. The molecule has 0 aliphatic carbocycles. The van der Waals surface area contributed by atoms with Gasteiger partial charge in [-0.3, -0.25) is 9.88 Å². The number of nitrogens with one attached hydrogen (secondary N) is 1. The van der Waals surface area contributed by atoms with Gasteiger partial charge < -0.3 is 10.2 Å². The highest BCUT2D eigenvalue weighted by Gasteiger charge is 2.28. The van der Waals surface area contributed by atoms with Crippen LogP contribution in [0.15, 0.2) is 72.8 Å². The smallest absolute Gasteiger partial charge is 0.316 e. The van der Waals surface area contributed by atoms with Crippen molar-refractivity contribution >= 4 is 11.7 Å². The minimum absolute atomic E-state index is 0.0953. The number of pyridine rings is 1. The fourth-order valence-corrected chi connectivity index (χ4v) is 4.22. The first-order valence-electron chi connectivity index (χ1n) is 11.1. The first kappa shape index (κ1) is 22.0. The quantitative estimate of drug-likeness (QED) is 0.580. The largest absolute Gasteiger partial charge is 0.322 e. The van der Waals surface area contributed by atoms with Crippen molar-refractivity contribution in [2.24, 2.45) is 0 Å². The van der Waals surface area contributed by atoms with Crippen LogP contribution in [-0.2, 0) is 13.1 Å².